The van der Waals surface area contributed by atoms with Crippen molar-refractivity contribution in [2.75, 3.05) is 18.0 Å². The van der Waals surface area contributed by atoms with Crippen LogP contribution in [-0.2, 0) is 0 Å². The van der Waals surface area contributed by atoms with E-state index in [2.05, 4.69) is 9.88 Å². The topological polar surface area (TPSA) is 86.2 Å². The predicted molar refractivity (Wildman–Crippen MR) is 76.7 cm³/mol. The number of hydrogen-bond donors (Lipinski definition) is 3. The molecule has 0 aromatic carbocycles. The van der Waals surface area contributed by atoms with Gasteiger partial charge in [0, 0.05) is 18.8 Å². The number of aromatic nitrogens is 1. The fourth-order valence-electron chi connectivity index (χ4n) is 2.47. The average Bonchev–Trinajstić information content (AvgIpc) is 2.49. The van der Waals surface area contributed by atoms with E-state index in [-0.39, 0.29) is 5.84 Å². The highest BCUT2D eigenvalue weighted by atomic mass is 16.3. The number of amidine groups is 1. The Morgan fingerprint density at radius 3 is 2.84 bits per heavy atom. The van der Waals surface area contributed by atoms with Crippen LogP contribution < -0.4 is 10.6 Å². The third kappa shape index (κ3) is 3.23. The van der Waals surface area contributed by atoms with Gasteiger partial charge in [-0.15, -0.1) is 0 Å². The second-order valence-electron chi connectivity index (χ2n) is 5.58. The van der Waals surface area contributed by atoms with E-state index in [1.807, 2.05) is 26.0 Å². The largest absolute Gasteiger partial charge is 0.390 e. The van der Waals surface area contributed by atoms with E-state index in [0.29, 0.717) is 12.0 Å². The van der Waals surface area contributed by atoms with Crippen LogP contribution in [0.4, 0.5) is 5.82 Å². The normalized spacial score (nSPS) is 24.1. The molecule has 19 heavy (non-hydrogen) atoms. The first-order valence-electron chi connectivity index (χ1n) is 6.68. The lowest BCUT2D eigenvalue weighted by Gasteiger charge is -2.25. The highest BCUT2D eigenvalue weighted by Crippen LogP contribution is 2.26. The number of aryl methyl sites for hydroxylation is 1. The molecule has 1 atom stereocenters. The van der Waals surface area contributed by atoms with Gasteiger partial charge in [-0.25, -0.2) is 4.98 Å². The maximum Gasteiger partial charge on any atom is 0.139 e. The maximum absolute atomic E-state index is 10.1. The second kappa shape index (κ2) is 5.17. The lowest BCUT2D eigenvalue weighted by Crippen LogP contribution is -2.30. The molecule has 0 amide bonds. The third-order valence-corrected chi connectivity index (χ3v) is 3.67. The summed E-state index contributed by atoms with van der Waals surface area (Å²) in [5, 5.41) is 17.8. The molecular formula is C14H22N4O. The minimum atomic E-state index is -0.602. The summed E-state index contributed by atoms with van der Waals surface area (Å²) in [6.07, 6.45) is 2.42. The van der Waals surface area contributed by atoms with E-state index in [1.54, 1.807) is 0 Å². The number of nitrogens with two attached hydrogens (primary N) is 1. The molecule has 1 fully saturated rings. The summed E-state index contributed by atoms with van der Waals surface area (Å²) in [6, 6.07) is 3.72. The number of aliphatic hydroxyl groups is 1. The number of nitrogen functional groups attached to an aromatic ring is 1. The summed E-state index contributed by atoms with van der Waals surface area (Å²) >= 11 is 0. The summed E-state index contributed by atoms with van der Waals surface area (Å²) in [5.74, 6) is 0.809. The van der Waals surface area contributed by atoms with Crippen molar-refractivity contribution in [3.63, 3.8) is 0 Å². The monoisotopic (exact) mass is 262 g/mol. The molecule has 0 radical (unpaired) electrons. The molecule has 5 nitrogen and oxygen atoms in total. The molecule has 0 aliphatic carbocycles. The summed E-state index contributed by atoms with van der Waals surface area (Å²) in [7, 11) is 0. The molecule has 5 heteroatoms. The maximum atomic E-state index is 10.1. The number of anilines is 1. The third-order valence-electron chi connectivity index (χ3n) is 3.67. The number of hydrogen-bond acceptors (Lipinski definition) is 4. The first-order chi connectivity index (χ1) is 8.89. The van der Waals surface area contributed by atoms with Crippen LogP contribution in [0.5, 0.6) is 0 Å². The van der Waals surface area contributed by atoms with Crippen molar-refractivity contribution < 1.29 is 5.11 Å². The molecule has 2 heterocycles. The van der Waals surface area contributed by atoms with E-state index < -0.39 is 5.60 Å². The Labute approximate surface area is 114 Å². The van der Waals surface area contributed by atoms with Gasteiger partial charge in [0.05, 0.1) is 11.2 Å². The zero-order chi connectivity index (χ0) is 14.0. The van der Waals surface area contributed by atoms with Crippen LogP contribution in [0.15, 0.2) is 12.1 Å². The van der Waals surface area contributed by atoms with Gasteiger partial charge < -0.3 is 15.7 Å². The molecule has 0 bridgehead atoms. The Morgan fingerprint density at radius 2 is 2.16 bits per heavy atom. The van der Waals surface area contributed by atoms with Gasteiger partial charge in [0.2, 0.25) is 0 Å². The fraction of sp³-hybridized carbons (Fsp3) is 0.571. The van der Waals surface area contributed by atoms with E-state index in [4.69, 9.17) is 11.1 Å². The van der Waals surface area contributed by atoms with Gasteiger partial charge in [-0.2, -0.15) is 0 Å². The zero-order valence-corrected chi connectivity index (χ0v) is 11.6. The lowest BCUT2D eigenvalue weighted by atomic mass is 9.98. The van der Waals surface area contributed by atoms with Crippen LogP contribution in [0.1, 0.15) is 37.4 Å². The van der Waals surface area contributed by atoms with Gasteiger partial charge in [-0.3, -0.25) is 5.41 Å². The SMILES string of the molecule is Cc1ccc(C(=N)N)c(N2CCCC(C)(O)CC2)n1. The molecule has 1 aliphatic heterocycles. The Bertz CT molecular complexity index is 484. The van der Waals surface area contributed by atoms with E-state index in [1.165, 1.54) is 0 Å². The van der Waals surface area contributed by atoms with Crippen molar-refractivity contribution >= 4 is 11.7 Å². The molecule has 1 aliphatic rings. The van der Waals surface area contributed by atoms with Crippen molar-refractivity contribution in [2.24, 2.45) is 5.73 Å². The first kappa shape index (κ1) is 13.8. The van der Waals surface area contributed by atoms with Crippen molar-refractivity contribution in [3.05, 3.63) is 23.4 Å². The standard InChI is InChI=1S/C14H22N4O/c1-10-4-5-11(12(15)16)13(17-10)18-8-3-6-14(2,19)7-9-18/h4-5,19H,3,6-9H2,1-2H3,(H3,15,16). The van der Waals surface area contributed by atoms with E-state index in [0.717, 1.165) is 37.4 Å². The molecule has 1 unspecified atom stereocenters. The Hall–Kier alpha value is -1.62. The summed E-state index contributed by atoms with van der Waals surface area (Å²) in [5.41, 5.74) is 6.61. The second-order valence-corrected chi connectivity index (χ2v) is 5.58. The Balaban J connectivity index is 2.30. The predicted octanol–water partition coefficient (Wildman–Crippen LogP) is 1.42. The molecule has 2 rings (SSSR count). The number of rotatable bonds is 2. The smallest absolute Gasteiger partial charge is 0.139 e. The first-order valence-corrected chi connectivity index (χ1v) is 6.68. The van der Waals surface area contributed by atoms with Crippen LogP contribution in [0.2, 0.25) is 0 Å². The van der Waals surface area contributed by atoms with Crippen LogP contribution in [-0.4, -0.2) is 34.6 Å². The molecular weight excluding hydrogens is 240 g/mol. The van der Waals surface area contributed by atoms with Crippen LogP contribution in [0.25, 0.3) is 0 Å². The summed E-state index contributed by atoms with van der Waals surface area (Å²) < 4.78 is 0. The van der Waals surface area contributed by atoms with Crippen LogP contribution >= 0.6 is 0 Å². The molecule has 1 aromatic rings. The lowest BCUT2D eigenvalue weighted by molar-refractivity contribution is 0.0481. The molecule has 0 spiro atoms. The van der Waals surface area contributed by atoms with Crippen LogP contribution in [0, 0.1) is 12.3 Å². The van der Waals surface area contributed by atoms with Crippen molar-refractivity contribution in [2.45, 2.75) is 38.7 Å². The zero-order valence-electron chi connectivity index (χ0n) is 11.6. The molecule has 0 saturated carbocycles. The van der Waals surface area contributed by atoms with Gasteiger partial charge in [-0.05, 0) is 45.2 Å². The fourth-order valence-corrected chi connectivity index (χ4v) is 2.47. The molecule has 1 aromatic heterocycles. The minimum Gasteiger partial charge on any atom is -0.390 e. The summed E-state index contributed by atoms with van der Waals surface area (Å²) in [6.45, 7) is 5.39. The molecule has 4 N–H and O–H groups in total. The number of nitrogens with zero attached hydrogens (tertiary/aromatic N) is 2. The Morgan fingerprint density at radius 1 is 1.42 bits per heavy atom. The Kier molecular flexibility index (Phi) is 3.75. The number of pyridine rings is 1. The number of nitrogens with one attached hydrogen (secondary N) is 1. The van der Waals surface area contributed by atoms with E-state index >= 15 is 0 Å². The molecule has 1 saturated heterocycles. The molecule has 104 valence electrons. The van der Waals surface area contributed by atoms with E-state index in [9.17, 15) is 5.11 Å². The van der Waals surface area contributed by atoms with Gasteiger partial charge in [-0.1, -0.05) is 0 Å². The van der Waals surface area contributed by atoms with Gasteiger partial charge >= 0.3 is 0 Å². The highest BCUT2D eigenvalue weighted by molar-refractivity contribution is 5.99. The van der Waals surface area contributed by atoms with Crippen molar-refractivity contribution in [1.82, 2.24) is 4.98 Å². The van der Waals surface area contributed by atoms with Crippen LogP contribution in [0.3, 0.4) is 0 Å². The van der Waals surface area contributed by atoms with Gasteiger partial charge in [0.1, 0.15) is 11.7 Å². The van der Waals surface area contributed by atoms with Gasteiger partial charge in [0.25, 0.3) is 0 Å². The van der Waals surface area contributed by atoms with Crippen molar-refractivity contribution in [3.8, 4) is 0 Å². The van der Waals surface area contributed by atoms with Gasteiger partial charge in [0.15, 0.2) is 0 Å². The van der Waals surface area contributed by atoms with Crippen molar-refractivity contribution in [1.29, 1.82) is 5.41 Å². The minimum absolute atomic E-state index is 0.0403. The quantitative estimate of drug-likeness (QED) is 0.555. The average molecular weight is 262 g/mol. The highest BCUT2D eigenvalue weighted by Gasteiger charge is 2.26. The summed E-state index contributed by atoms with van der Waals surface area (Å²) in [4.78, 5) is 6.66.